The standard InChI is InChI=1S/C24H34N6O6S/c1-5-7-18-21-22(28(4)26-18)24(33)30(15-20(31)32)23(25-21)17-14-16(8-9-19(17)36-6-2)37(34,35)29-12-10-27(3)11-13-29/h8-9,14,20,31-32H,5-7,10-13,15H2,1-4H3. The highest BCUT2D eigenvalue weighted by molar-refractivity contribution is 7.89. The fourth-order valence-electron chi connectivity index (χ4n) is 4.56. The fourth-order valence-corrected chi connectivity index (χ4v) is 6.01. The summed E-state index contributed by atoms with van der Waals surface area (Å²) < 4.78 is 36.8. The van der Waals surface area contributed by atoms with Gasteiger partial charge in [-0.1, -0.05) is 13.3 Å². The lowest BCUT2D eigenvalue weighted by atomic mass is 10.1. The summed E-state index contributed by atoms with van der Waals surface area (Å²) in [6, 6.07) is 4.48. The molecule has 1 aliphatic rings. The van der Waals surface area contributed by atoms with E-state index in [0.717, 1.165) is 11.0 Å². The Morgan fingerprint density at radius 2 is 1.81 bits per heavy atom. The van der Waals surface area contributed by atoms with Crippen LogP contribution in [-0.4, -0.2) is 93.3 Å². The number of aromatic nitrogens is 4. The summed E-state index contributed by atoms with van der Waals surface area (Å²) in [7, 11) is -0.245. The number of ether oxygens (including phenoxy) is 1. The van der Waals surface area contributed by atoms with E-state index < -0.39 is 28.4 Å². The van der Waals surface area contributed by atoms with Crippen molar-refractivity contribution in [2.75, 3.05) is 39.8 Å². The van der Waals surface area contributed by atoms with Crippen LogP contribution in [0.15, 0.2) is 27.9 Å². The first-order chi connectivity index (χ1) is 17.6. The molecule has 12 nitrogen and oxygen atoms in total. The van der Waals surface area contributed by atoms with Crippen molar-refractivity contribution in [3.8, 4) is 17.1 Å². The van der Waals surface area contributed by atoms with Crippen LogP contribution < -0.4 is 10.3 Å². The highest BCUT2D eigenvalue weighted by Crippen LogP contribution is 2.33. The van der Waals surface area contributed by atoms with Crippen LogP contribution in [0.4, 0.5) is 0 Å². The number of sulfonamides is 1. The summed E-state index contributed by atoms with van der Waals surface area (Å²) in [5.41, 5.74) is 1.01. The zero-order chi connectivity index (χ0) is 26.9. The molecule has 0 bridgehead atoms. The largest absolute Gasteiger partial charge is 0.493 e. The molecule has 202 valence electrons. The number of hydrogen-bond donors (Lipinski definition) is 2. The molecule has 1 aromatic carbocycles. The van der Waals surface area contributed by atoms with Crippen LogP contribution in [0.1, 0.15) is 26.0 Å². The maximum atomic E-state index is 13.6. The van der Waals surface area contributed by atoms with Crippen LogP contribution in [0.3, 0.4) is 0 Å². The van der Waals surface area contributed by atoms with Gasteiger partial charge in [-0.2, -0.15) is 9.40 Å². The molecule has 1 aliphatic heterocycles. The second-order valence-corrected chi connectivity index (χ2v) is 11.1. The summed E-state index contributed by atoms with van der Waals surface area (Å²) in [4.78, 5) is 20.5. The SMILES string of the molecule is CCCc1nn(C)c2c(=O)n(CC(O)O)c(-c3cc(S(=O)(=O)N4CCN(C)CC4)ccc3OCC)nc12. The Kier molecular flexibility index (Phi) is 7.99. The van der Waals surface area contributed by atoms with Gasteiger partial charge in [-0.05, 0) is 38.6 Å². The molecule has 2 N–H and O–H groups in total. The number of aliphatic hydroxyl groups is 2. The van der Waals surface area contributed by atoms with Gasteiger partial charge in [0, 0.05) is 33.2 Å². The minimum Gasteiger partial charge on any atom is -0.493 e. The van der Waals surface area contributed by atoms with Crippen molar-refractivity contribution in [1.82, 2.24) is 28.5 Å². The maximum Gasteiger partial charge on any atom is 0.280 e. The van der Waals surface area contributed by atoms with Crippen LogP contribution in [0, 0.1) is 0 Å². The number of piperazine rings is 1. The Balaban J connectivity index is 1.97. The number of fused-ring (bicyclic) bond motifs is 1. The lowest BCUT2D eigenvalue weighted by molar-refractivity contribution is -0.0516. The van der Waals surface area contributed by atoms with E-state index >= 15 is 0 Å². The van der Waals surface area contributed by atoms with Crippen molar-refractivity contribution < 1.29 is 23.4 Å². The first kappa shape index (κ1) is 27.2. The lowest BCUT2D eigenvalue weighted by Gasteiger charge is -2.31. The Labute approximate surface area is 215 Å². The van der Waals surface area contributed by atoms with Crippen molar-refractivity contribution in [2.45, 2.75) is 44.4 Å². The van der Waals surface area contributed by atoms with E-state index in [4.69, 9.17) is 9.72 Å². The molecule has 0 unspecified atom stereocenters. The maximum absolute atomic E-state index is 13.6. The summed E-state index contributed by atoms with van der Waals surface area (Å²) in [6.07, 6.45) is -0.469. The Bertz CT molecular complexity index is 1440. The van der Waals surface area contributed by atoms with Crippen LogP contribution >= 0.6 is 0 Å². The molecule has 1 saturated heterocycles. The van der Waals surface area contributed by atoms with E-state index in [1.807, 2.05) is 14.0 Å². The fraction of sp³-hybridized carbons (Fsp3) is 0.542. The molecule has 3 aromatic rings. The molecule has 3 heterocycles. The molecular formula is C24H34N6O6S. The molecule has 0 atom stereocenters. The molecule has 0 spiro atoms. The topological polar surface area (TPSA) is 143 Å². The van der Waals surface area contributed by atoms with Gasteiger partial charge in [0.05, 0.1) is 29.3 Å². The number of likely N-dealkylation sites (N-methyl/N-ethyl adjacent to an activating group) is 1. The first-order valence-corrected chi connectivity index (χ1v) is 13.8. The van der Waals surface area contributed by atoms with Crippen molar-refractivity contribution in [3.63, 3.8) is 0 Å². The summed E-state index contributed by atoms with van der Waals surface area (Å²) in [5.74, 6) is 0.406. The van der Waals surface area contributed by atoms with E-state index in [1.165, 1.54) is 21.1 Å². The number of benzene rings is 1. The monoisotopic (exact) mass is 534 g/mol. The smallest absolute Gasteiger partial charge is 0.280 e. The number of hydrogen-bond acceptors (Lipinski definition) is 9. The van der Waals surface area contributed by atoms with Gasteiger partial charge in [0.15, 0.2) is 11.8 Å². The van der Waals surface area contributed by atoms with Crippen LogP contribution in [0.2, 0.25) is 0 Å². The normalized spacial score (nSPS) is 15.6. The van der Waals surface area contributed by atoms with Crippen LogP contribution in [-0.2, 0) is 30.0 Å². The van der Waals surface area contributed by atoms with Gasteiger partial charge in [-0.3, -0.25) is 14.0 Å². The molecular weight excluding hydrogens is 500 g/mol. The van der Waals surface area contributed by atoms with Crippen molar-refractivity contribution in [3.05, 3.63) is 34.2 Å². The number of rotatable bonds is 9. The second kappa shape index (κ2) is 10.9. The van der Waals surface area contributed by atoms with E-state index in [-0.39, 0.29) is 21.8 Å². The Hall–Kier alpha value is -2.84. The zero-order valence-electron chi connectivity index (χ0n) is 21.6. The van der Waals surface area contributed by atoms with Gasteiger partial charge >= 0.3 is 0 Å². The highest BCUT2D eigenvalue weighted by Gasteiger charge is 2.30. The van der Waals surface area contributed by atoms with Gasteiger partial charge in [0.1, 0.15) is 17.1 Å². The van der Waals surface area contributed by atoms with Gasteiger partial charge in [0.2, 0.25) is 10.0 Å². The molecule has 0 saturated carbocycles. The highest BCUT2D eigenvalue weighted by atomic mass is 32.2. The molecule has 0 radical (unpaired) electrons. The van der Waals surface area contributed by atoms with Gasteiger partial charge in [-0.15, -0.1) is 0 Å². The lowest BCUT2D eigenvalue weighted by Crippen LogP contribution is -2.47. The van der Waals surface area contributed by atoms with Gasteiger partial charge in [-0.25, -0.2) is 13.4 Å². The van der Waals surface area contributed by atoms with Crippen molar-refractivity contribution in [1.29, 1.82) is 0 Å². The molecule has 2 aromatic heterocycles. The third-order valence-electron chi connectivity index (χ3n) is 6.44. The number of aliphatic hydroxyl groups excluding tert-OH is 1. The Morgan fingerprint density at radius 1 is 1.11 bits per heavy atom. The van der Waals surface area contributed by atoms with Gasteiger partial charge < -0.3 is 19.8 Å². The van der Waals surface area contributed by atoms with E-state index in [1.54, 1.807) is 20.0 Å². The molecule has 0 amide bonds. The van der Waals surface area contributed by atoms with E-state index in [0.29, 0.717) is 56.2 Å². The third-order valence-corrected chi connectivity index (χ3v) is 8.33. The molecule has 4 rings (SSSR count). The second-order valence-electron chi connectivity index (χ2n) is 9.15. The van der Waals surface area contributed by atoms with Crippen LogP contribution in [0.25, 0.3) is 22.4 Å². The van der Waals surface area contributed by atoms with Crippen LogP contribution in [0.5, 0.6) is 5.75 Å². The third kappa shape index (κ3) is 5.27. The number of nitrogens with zero attached hydrogens (tertiary/aromatic N) is 6. The van der Waals surface area contributed by atoms with E-state index in [2.05, 4.69) is 10.00 Å². The summed E-state index contributed by atoms with van der Waals surface area (Å²) in [6.45, 7) is 5.58. The average molecular weight is 535 g/mol. The number of aryl methyl sites for hydroxylation is 2. The van der Waals surface area contributed by atoms with Gasteiger partial charge in [0.25, 0.3) is 5.56 Å². The van der Waals surface area contributed by atoms with Crippen molar-refractivity contribution >= 4 is 21.1 Å². The zero-order valence-corrected chi connectivity index (χ0v) is 22.4. The average Bonchev–Trinajstić information content (AvgIpc) is 3.16. The molecule has 0 aliphatic carbocycles. The summed E-state index contributed by atoms with van der Waals surface area (Å²) >= 11 is 0. The molecule has 37 heavy (non-hydrogen) atoms. The minimum atomic E-state index is -3.83. The Morgan fingerprint density at radius 3 is 2.43 bits per heavy atom. The molecule has 13 heteroatoms. The molecule has 1 fully saturated rings. The quantitative estimate of drug-likeness (QED) is 0.373. The predicted octanol–water partition coefficient (Wildman–Crippen LogP) is 0.395. The van der Waals surface area contributed by atoms with E-state index in [9.17, 15) is 23.4 Å². The van der Waals surface area contributed by atoms with Crippen molar-refractivity contribution in [2.24, 2.45) is 7.05 Å². The summed E-state index contributed by atoms with van der Waals surface area (Å²) in [5, 5.41) is 24.0. The predicted molar refractivity (Wildman–Crippen MR) is 138 cm³/mol. The first-order valence-electron chi connectivity index (χ1n) is 12.4. The minimum absolute atomic E-state index is 0.0425.